The summed E-state index contributed by atoms with van der Waals surface area (Å²) < 4.78 is 5.59. The molecule has 0 spiro atoms. The molecule has 2 nitrogen and oxygen atoms in total. The lowest BCUT2D eigenvalue weighted by atomic mass is 10.1. The zero-order valence-corrected chi connectivity index (χ0v) is 7.05. The molecule has 0 saturated carbocycles. The summed E-state index contributed by atoms with van der Waals surface area (Å²) in [7, 11) is 0. The Morgan fingerprint density at radius 2 is 2.20 bits per heavy atom. The van der Waals surface area contributed by atoms with Crippen LogP contribution in [-0.4, -0.2) is 25.3 Å². The number of nitrogens with one attached hydrogen (secondary N) is 1. The highest BCUT2D eigenvalue weighted by Gasteiger charge is 2.19. The minimum Gasteiger partial charge on any atom is -0.375 e. The molecule has 1 fully saturated rings. The van der Waals surface area contributed by atoms with Crippen LogP contribution >= 0.6 is 0 Å². The van der Waals surface area contributed by atoms with Crippen molar-refractivity contribution in [3.8, 4) is 0 Å². The van der Waals surface area contributed by atoms with Gasteiger partial charge in [0.05, 0.1) is 12.7 Å². The first-order valence-electron chi connectivity index (χ1n) is 4.05. The van der Waals surface area contributed by atoms with E-state index in [0.717, 1.165) is 13.2 Å². The van der Waals surface area contributed by atoms with Crippen LogP contribution in [-0.2, 0) is 4.74 Å². The highest BCUT2D eigenvalue weighted by Crippen LogP contribution is 2.09. The van der Waals surface area contributed by atoms with Gasteiger partial charge in [0.25, 0.3) is 0 Å². The normalized spacial score (nSPS) is 34.8. The van der Waals surface area contributed by atoms with E-state index in [4.69, 9.17) is 4.74 Å². The van der Waals surface area contributed by atoms with Gasteiger partial charge in [0.2, 0.25) is 0 Å². The van der Waals surface area contributed by atoms with Gasteiger partial charge in [-0.15, -0.1) is 0 Å². The van der Waals surface area contributed by atoms with Crippen molar-refractivity contribution in [3.63, 3.8) is 0 Å². The first-order chi connectivity index (χ1) is 4.70. The summed E-state index contributed by atoms with van der Waals surface area (Å²) in [5.41, 5.74) is 0. The number of rotatable bonds is 1. The van der Waals surface area contributed by atoms with Gasteiger partial charge in [-0.25, -0.2) is 0 Å². The van der Waals surface area contributed by atoms with E-state index in [1.54, 1.807) is 0 Å². The van der Waals surface area contributed by atoms with Crippen LogP contribution in [0.25, 0.3) is 0 Å². The zero-order chi connectivity index (χ0) is 7.56. The van der Waals surface area contributed by atoms with Gasteiger partial charge in [-0.2, -0.15) is 0 Å². The van der Waals surface area contributed by atoms with Crippen LogP contribution < -0.4 is 5.32 Å². The molecule has 0 bridgehead atoms. The van der Waals surface area contributed by atoms with Gasteiger partial charge >= 0.3 is 0 Å². The van der Waals surface area contributed by atoms with Gasteiger partial charge in [-0.05, 0) is 12.8 Å². The summed E-state index contributed by atoms with van der Waals surface area (Å²) in [6, 6.07) is 0.537. The monoisotopic (exact) mass is 143 g/mol. The Balaban J connectivity index is 2.26. The van der Waals surface area contributed by atoms with Gasteiger partial charge in [-0.1, -0.05) is 13.8 Å². The molecule has 2 heteroatoms. The molecule has 0 amide bonds. The fourth-order valence-corrected chi connectivity index (χ4v) is 1.13. The number of hydrogen-bond donors (Lipinski definition) is 1. The van der Waals surface area contributed by atoms with E-state index < -0.39 is 0 Å². The van der Waals surface area contributed by atoms with Crippen molar-refractivity contribution in [2.75, 3.05) is 13.2 Å². The third-order valence-electron chi connectivity index (χ3n) is 1.97. The minimum absolute atomic E-state index is 0.427. The van der Waals surface area contributed by atoms with Crippen molar-refractivity contribution in [2.24, 2.45) is 5.92 Å². The second-order valence-electron chi connectivity index (χ2n) is 3.43. The van der Waals surface area contributed by atoms with Crippen LogP contribution in [0.5, 0.6) is 0 Å². The Kier molecular flexibility index (Phi) is 2.69. The topological polar surface area (TPSA) is 21.3 Å². The van der Waals surface area contributed by atoms with Crippen molar-refractivity contribution in [1.29, 1.82) is 0 Å². The van der Waals surface area contributed by atoms with Crippen molar-refractivity contribution in [3.05, 3.63) is 0 Å². The fourth-order valence-electron chi connectivity index (χ4n) is 1.13. The van der Waals surface area contributed by atoms with Crippen LogP contribution in [0.1, 0.15) is 20.8 Å². The third kappa shape index (κ3) is 1.96. The Morgan fingerprint density at radius 3 is 2.60 bits per heavy atom. The van der Waals surface area contributed by atoms with Gasteiger partial charge in [0, 0.05) is 12.6 Å². The average Bonchev–Trinajstić information content (AvgIpc) is 1.88. The Hall–Kier alpha value is -0.0800. The van der Waals surface area contributed by atoms with Crippen molar-refractivity contribution < 1.29 is 4.74 Å². The van der Waals surface area contributed by atoms with E-state index in [-0.39, 0.29) is 0 Å². The van der Waals surface area contributed by atoms with E-state index >= 15 is 0 Å². The van der Waals surface area contributed by atoms with E-state index in [9.17, 15) is 0 Å². The minimum atomic E-state index is 0.427. The van der Waals surface area contributed by atoms with Crippen LogP contribution in [0, 0.1) is 5.92 Å². The predicted molar refractivity (Wildman–Crippen MR) is 42.0 cm³/mol. The second-order valence-corrected chi connectivity index (χ2v) is 3.43. The fraction of sp³-hybridized carbons (Fsp3) is 1.00. The average molecular weight is 143 g/mol. The zero-order valence-electron chi connectivity index (χ0n) is 7.05. The highest BCUT2D eigenvalue weighted by molar-refractivity contribution is 4.74. The van der Waals surface area contributed by atoms with E-state index in [1.165, 1.54) is 0 Å². The van der Waals surface area contributed by atoms with Crippen LogP contribution in [0.15, 0.2) is 0 Å². The highest BCUT2D eigenvalue weighted by atomic mass is 16.5. The lowest BCUT2D eigenvalue weighted by Crippen LogP contribution is -2.46. The Labute approximate surface area is 63.0 Å². The van der Waals surface area contributed by atoms with Crippen LogP contribution in [0.3, 0.4) is 0 Å². The molecule has 1 heterocycles. The Bertz CT molecular complexity index is 95.4. The Morgan fingerprint density at radius 1 is 1.50 bits per heavy atom. The van der Waals surface area contributed by atoms with E-state index in [1.807, 2.05) is 0 Å². The van der Waals surface area contributed by atoms with Crippen molar-refractivity contribution in [2.45, 2.75) is 32.9 Å². The standard InChI is InChI=1S/C8H17NO/c1-6(2)8-4-9-7(3)5-10-8/h6-9H,4-5H2,1-3H3. The van der Waals surface area contributed by atoms with Crippen molar-refractivity contribution in [1.82, 2.24) is 5.32 Å². The molecule has 0 aromatic rings. The molecule has 1 saturated heterocycles. The number of ether oxygens (including phenoxy) is 1. The maximum Gasteiger partial charge on any atom is 0.0723 e. The maximum absolute atomic E-state index is 5.59. The van der Waals surface area contributed by atoms with Gasteiger partial charge in [0.1, 0.15) is 0 Å². The SMILES string of the molecule is CC1COC(C(C)C)CN1. The molecule has 1 aliphatic heterocycles. The van der Waals surface area contributed by atoms with E-state index in [2.05, 4.69) is 26.1 Å². The molecule has 1 rings (SSSR count). The summed E-state index contributed by atoms with van der Waals surface area (Å²) in [6.45, 7) is 8.42. The molecule has 0 aliphatic carbocycles. The molecule has 0 radical (unpaired) electrons. The van der Waals surface area contributed by atoms with Crippen LogP contribution in [0.4, 0.5) is 0 Å². The van der Waals surface area contributed by atoms with Crippen LogP contribution in [0.2, 0.25) is 0 Å². The smallest absolute Gasteiger partial charge is 0.0723 e. The number of hydrogen-bond acceptors (Lipinski definition) is 2. The second kappa shape index (κ2) is 3.35. The molecular formula is C8H17NO. The maximum atomic E-state index is 5.59. The molecule has 1 aliphatic rings. The molecule has 10 heavy (non-hydrogen) atoms. The molecule has 0 aromatic carbocycles. The predicted octanol–water partition coefficient (Wildman–Crippen LogP) is 1.02. The molecule has 2 atom stereocenters. The van der Waals surface area contributed by atoms with Gasteiger partial charge in [-0.3, -0.25) is 0 Å². The van der Waals surface area contributed by atoms with E-state index in [0.29, 0.717) is 18.1 Å². The molecule has 0 aromatic heterocycles. The largest absolute Gasteiger partial charge is 0.375 e. The summed E-state index contributed by atoms with van der Waals surface area (Å²) >= 11 is 0. The molecular weight excluding hydrogens is 126 g/mol. The van der Waals surface area contributed by atoms with Gasteiger partial charge < -0.3 is 10.1 Å². The van der Waals surface area contributed by atoms with Gasteiger partial charge in [0.15, 0.2) is 0 Å². The summed E-state index contributed by atoms with van der Waals surface area (Å²) in [5.74, 6) is 0.639. The summed E-state index contributed by atoms with van der Waals surface area (Å²) in [4.78, 5) is 0. The summed E-state index contributed by atoms with van der Waals surface area (Å²) in [6.07, 6.45) is 0.427. The molecule has 60 valence electrons. The third-order valence-corrected chi connectivity index (χ3v) is 1.97. The first-order valence-corrected chi connectivity index (χ1v) is 4.05. The lowest BCUT2D eigenvalue weighted by Gasteiger charge is -2.30. The first kappa shape index (κ1) is 8.02. The quantitative estimate of drug-likeness (QED) is 0.591. The molecule has 2 unspecified atom stereocenters. The summed E-state index contributed by atoms with van der Waals surface area (Å²) in [5, 5.41) is 3.39. The van der Waals surface area contributed by atoms with Crippen molar-refractivity contribution >= 4 is 0 Å². The molecule has 1 N–H and O–H groups in total. The lowest BCUT2D eigenvalue weighted by molar-refractivity contribution is -0.0174. The number of morpholine rings is 1.